The van der Waals surface area contributed by atoms with E-state index in [1.807, 2.05) is 51.1 Å². The maximum Gasteiger partial charge on any atom is 0.254 e. The largest absolute Gasteiger partial charge is 0.350 e. The van der Waals surface area contributed by atoms with Crippen LogP contribution in [0.5, 0.6) is 0 Å². The molecule has 2 aromatic carbocycles. The van der Waals surface area contributed by atoms with E-state index in [-0.39, 0.29) is 17.9 Å². The number of carbonyl (C=O) groups is 2. The summed E-state index contributed by atoms with van der Waals surface area (Å²) in [4.78, 5) is 26.6. The quantitative estimate of drug-likeness (QED) is 0.833. The van der Waals surface area contributed by atoms with E-state index < -0.39 is 0 Å². The maximum absolute atomic E-state index is 12.7. The van der Waals surface area contributed by atoms with Crippen LogP contribution in [-0.2, 0) is 6.54 Å². The van der Waals surface area contributed by atoms with Gasteiger partial charge in [0.2, 0.25) is 0 Å². The molecule has 0 saturated carbocycles. The van der Waals surface area contributed by atoms with Gasteiger partial charge in [-0.05, 0) is 50.1 Å². The van der Waals surface area contributed by atoms with Crippen molar-refractivity contribution in [3.8, 4) is 0 Å². The lowest BCUT2D eigenvalue weighted by atomic mass is 10.1. The zero-order valence-corrected chi connectivity index (χ0v) is 15.2. The predicted octanol–water partition coefficient (Wildman–Crippen LogP) is 3.88. The molecule has 1 N–H and O–H groups in total. The second-order valence-electron chi connectivity index (χ2n) is 6.17. The molecule has 0 spiro atoms. The Morgan fingerprint density at radius 2 is 1.56 bits per heavy atom. The summed E-state index contributed by atoms with van der Waals surface area (Å²) in [6.07, 6.45) is 0.882. The average Bonchev–Trinajstić information content (AvgIpc) is 2.66. The molecule has 2 amide bonds. The zero-order valence-electron chi connectivity index (χ0n) is 15.2. The molecule has 0 fully saturated rings. The Kier molecular flexibility index (Phi) is 6.75. The fourth-order valence-corrected chi connectivity index (χ4v) is 2.49. The van der Waals surface area contributed by atoms with Gasteiger partial charge in [0.05, 0.1) is 0 Å². The van der Waals surface area contributed by atoms with Gasteiger partial charge in [-0.15, -0.1) is 0 Å². The lowest BCUT2D eigenvalue weighted by molar-refractivity contribution is 0.0752. The van der Waals surface area contributed by atoms with Crippen molar-refractivity contribution < 1.29 is 9.59 Å². The van der Waals surface area contributed by atoms with Crippen molar-refractivity contribution in [2.24, 2.45) is 0 Å². The molecule has 0 aliphatic carbocycles. The van der Waals surface area contributed by atoms with Crippen LogP contribution in [0.15, 0.2) is 54.6 Å². The number of nitrogens with one attached hydrogen (secondary N) is 1. The first-order valence-corrected chi connectivity index (χ1v) is 8.79. The molecule has 0 aliphatic heterocycles. The van der Waals surface area contributed by atoms with Gasteiger partial charge in [0, 0.05) is 30.3 Å². The van der Waals surface area contributed by atoms with Gasteiger partial charge in [0.15, 0.2) is 0 Å². The fraction of sp³-hybridized carbons (Fsp3) is 0.333. The first-order chi connectivity index (χ1) is 12.0. The third-order valence-corrected chi connectivity index (χ3v) is 4.27. The van der Waals surface area contributed by atoms with E-state index >= 15 is 0 Å². The molecule has 1 atom stereocenters. The topological polar surface area (TPSA) is 49.4 Å². The maximum atomic E-state index is 12.7. The highest BCUT2D eigenvalue weighted by atomic mass is 16.2. The minimum atomic E-state index is -0.106. The molecule has 0 radical (unpaired) electrons. The van der Waals surface area contributed by atoms with Crippen molar-refractivity contribution in [2.75, 3.05) is 6.54 Å². The second-order valence-corrected chi connectivity index (χ2v) is 6.17. The number of hydrogen-bond acceptors (Lipinski definition) is 2. The van der Waals surface area contributed by atoms with Crippen LogP contribution in [0.3, 0.4) is 0 Å². The van der Waals surface area contributed by atoms with Gasteiger partial charge in [-0.1, -0.05) is 37.3 Å². The highest BCUT2D eigenvalue weighted by Gasteiger charge is 2.15. The standard InChI is InChI=1S/C21H26N2O2/c1-4-16(3)22-20(24)18-11-13-19(14-12-18)21(25)23(5-2)15-17-9-7-6-8-10-17/h6-14,16H,4-5,15H2,1-3H3,(H,22,24). The van der Waals surface area contributed by atoms with Crippen molar-refractivity contribution in [2.45, 2.75) is 39.8 Å². The van der Waals surface area contributed by atoms with Gasteiger partial charge >= 0.3 is 0 Å². The third-order valence-electron chi connectivity index (χ3n) is 4.27. The summed E-state index contributed by atoms with van der Waals surface area (Å²) in [6.45, 7) is 7.17. The van der Waals surface area contributed by atoms with Crippen LogP contribution in [0.4, 0.5) is 0 Å². The Morgan fingerprint density at radius 3 is 2.12 bits per heavy atom. The Labute approximate surface area is 149 Å². The lowest BCUT2D eigenvalue weighted by Crippen LogP contribution is -2.32. The van der Waals surface area contributed by atoms with E-state index in [0.717, 1.165) is 12.0 Å². The summed E-state index contributed by atoms with van der Waals surface area (Å²) in [7, 11) is 0. The van der Waals surface area contributed by atoms with Crippen LogP contribution in [0.2, 0.25) is 0 Å². The van der Waals surface area contributed by atoms with E-state index in [2.05, 4.69) is 5.32 Å². The Bertz CT molecular complexity index is 696. The third kappa shape index (κ3) is 5.18. The molecular weight excluding hydrogens is 312 g/mol. The number of amides is 2. The summed E-state index contributed by atoms with van der Waals surface area (Å²) < 4.78 is 0. The molecule has 0 aliphatic rings. The summed E-state index contributed by atoms with van der Waals surface area (Å²) in [5.74, 6) is -0.134. The van der Waals surface area contributed by atoms with Crippen LogP contribution in [0, 0.1) is 0 Å². The number of carbonyl (C=O) groups excluding carboxylic acids is 2. The molecule has 2 rings (SSSR count). The van der Waals surface area contributed by atoms with Crippen LogP contribution in [0.25, 0.3) is 0 Å². The van der Waals surface area contributed by atoms with E-state index in [9.17, 15) is 9.59 Å². The molecule has 1 unspecified atom stereocenters. The lowest BCUT2D eigenvalue weighted by Gasteiger charge is -2.21. The van der Waals surface area contributed by atoms with Crippen LogP contribution in [-0.4, -0.2) is 29.3 Å². The predicted molar refractivity (Wildman–Crippen MR) is 101 cm³/mol. The molecule has 4 nitrogen and oxygen atoms in total. The van der Waals surface area contributed by atoms with Crippen LogP contribution >= 0.6 is 0 Å². The number of benzene rings is 2. The second kappa shape index (κ2) is 9.02. The summed E-state index contributed by atoms with van der Waals surface area (Å²) in [5.41, 5.74) is 2.27. The van der Waals surface area contributed by atoms with Crippen LogP contribution in [0.1, 0.15) is 53.5 Å². The number of nitrogens with zero attached hydrogens (tertiary/aromatic N) is 1. The van der Waals surface area contributed by atoms with Gasteiger partial charge in [0.25, 0.3) is 11.8 Å². The molecule has 132 valence electrons. The van der Waals surface area contributed by atoms with Crippen molar-refractivity contribution in [3.05, 3.63) is 71.3 Å². The van der Waals surface area contributed by atoms with Crippen LogP contribution < -0.4 is 5.32 Å². The molecule has 0 bridgehead atoms. The molecular formula is C21H26N2O2. The van der Waals surface area contributed by atoms with Crippen molar-refractivity contribution in [1.82, 2.24) is 10.2 Å². The average molecular weight is 338 g/mol. The Hall–Kier alpha value is -2.62. The van der Waals surface area contributed by atoms with E-state index in [0.29, 0.717) is 24.2 Å². The van der Waals surface area contributed by atoms with Crippen molar-refractivity contribution in [3.63, 3.8) is 0 Å². The van der Waals surface area contributed by atoms with Gasteiger partial charge in [-0.25, -0.2) is 0 Å². The number of rotatable bonds is 7. The van der Waals surface area contributed by atoms with Gasteiger partial charge in [-0.2, -0.15) is 0 Å². The van der Waals surface area contributed by atoms with Crippen molar-refractivity contribution >= 4 is 11.8 Å². The van der Waals surface area contributed by atoms with E-state index in [4.69, 9.17) is 0 Å². The minimum Gasteiger partial charge on any atom is -0.350 e. The first kappa shape index (κ1) is 18.7. The van der Waals surface area contributed by atoms with E-state index in [1.54, 1.807) is 29.2 Å². The van der Waals surface area contributed by atoms with Crippen molar-refractivity contribution in [1.29, 1.82) is 0 Å². The smallest absolute Gasteiger partial charge is 0.254 e. The van der Waals surface area contributed by atoms with E-state index in [1.165, 1.54) is 0 Å². The Morgan fingerprint density at radius 1 is 0.960 bits per heavy atom. The summed E-state index contributed by atoms with van der Waals surface area (Å²) in [5, 5.41) is 2.93. The molecule has 0 heterocycles. The van der Waals surface area contributed by atoms with Gasteiger partial charge in [0.1, 0.15) is 0 Å². The molecule has 0 aromatic heterocycles. The molecule has 25 heavy (non-hydrogen) atoms. The monoisotopic (exact) mass is 338 g/mol. The fourth-order valence-electron chi connectivity index (χ4n) is 2.49. The van der Waals surface area contributed by atoms with Gasteiger partial charge in [-0.3, -0.25) is 9.59 Å². The zero-order chi connectivity index (χ0) is 18.2. The van der Waals surface area contributed by atoms with Gasteiger partial charge < -0.3 is 10.2 Å². The summed E-state index contributed by atoms with van der Waals surface area (Å²) >= 11 is 0. The summed E-state index contributed by atoms with van der Waals surface area (Å²) in [6, 6.07) is 16.9. The molecule has 0 saturated heterocycles. The minimum absolute atomic E-state index is 0.0276. The SMILES string of the molecule is CCC(C)NC(=O)c1ccc(C(=O)N(CC)Cc2ccccc2)cc1. The first-order valence-electron chi connectivity index (χ1n) is 8.79. The molecule has 2 aromatic rings. The highest BCUT2D eigenvalue weighted by molar-refractivity contribution is 5.97. The number of hydrogen-bond donors (Lipinski definition) is 1. The normalized spacial score (nSPS) is 11.6. The Balaban J connectivity index is 2.06. The molecule has 4 heteroatoms. The highest BCUT2D eigenvalue weighted by Crippen LogP contribution is 2.12.